The van der Waals surface area contributed by atoms with Gasteiger partial charge >= 0.3 is 0 Å². The average molecular weight is 443 g/mol. The number of phenolic OH excluding ortho intramolecular Hbond substituents is 1. The number of likely N-dealkylation sites (N-methyl/N-ethyl adjacent to an activating group) is 1. The SMILES string of the molecule is CN(C[C@@H](O)c1ccc(O)cc1)C(=O)CCN1C(=O)/C(=C\c2ccccc2)SC1=S. The topological polar surface area (TPSA) is 81.1 Å². The van der Waals surface area contributed by atoms with Gasteiger partial charge in [-0.3, -0.25) is 14.5 Å². The number of nitrogens with zero attached hydrogens (tertiary/aromatic N) is 2. The maximum Gasteiger partial charge on any atom is 0.266 e. The van der Waals surface area contributed by atoms with Crippen LogP contribution < -0.4 is 0 Å². The molecule has 6 nitrogen and oxygen atoms in total. The Balaban J connectivity index is 1.54. The van der Waals surface area contributed by atoms with Crippen LogP contribution in [0.3, 0.4) is 0 Å². The number of rotatable bonds is 7. The molecule has 1 fully saturated rings. The van der Waals surface area contributed by atoms with Crippen LogP contribution in [0.4, 0.5) is 0 Å². The van der Waals surface area contributed by atoms with E-state index in [2.05, 4.69) is 0 Å². The highest BCUT2D eigenvalue weighted by Gasteiger charge is 2.32. The average Bonchev–Trinajstić information content (AvgIpc) is 2.99. The first-order valence-electron chi connectivity index (χ1n) is 9.36. The Bertz CT molecular complexity index is 961. The highest BCUT2D eigenvalue weighted by atomic mass is 32.2. The third-order valence-corrected chi connectivity index (χ3v) is 6.05. The molecular formula is C22H22N2O4S2. The summed E-state index contributed by atoms with van der Waals surface area (Å²) in [5.74, 6) is -0.289. The molecule has 0 bridgehead atoms. The van der Waals surface area contributed by atoms with Crippen LogP contribution >= 0.6 is 24.0 Å². The maximum absolute atomic E-state index is 12.7. The first kappa shape index (κ1) is 22.0. The summed E-state index contributed by atoms with van der Waals surface area (Å²) in [5, 5.41) is 19.6. The Morgan fingerprint density at radius 2 is 1.87 bits per heavy atom. The maximum atomic E-state index is 12.7. The van der Waals surface area contributed by atoms with E-state index in [4.69, 9.17) is 12.2 Å². The fraction of sp³-hybridized carbons (Fsp3) is 0.227. The second kappa shape index (κ2) is 9.88. The van der Waals surface area contributed by atoms with E-state index in [-0.39, 0.29) is 37.1 Å². The van der Waals surface area contributed by atoms with Crippen molar-refractivity contribution in [2.24, 2.45) is 0 Å². The summed E-state index contributed by atoms with van der Waals surface area (Å²) in [4.78, 5) is 28.5. The first-order chi connectivity index (χ1) is 14.3. The van der Waals surface area contributed by atoms with Gasteiger partial charge in [0.1, 0.15) is 10.1 Å². The molecule has 8 heteroatoms. The molecule has 1 saturated heterocycles. The summed E-state index contributed by atoms with van der Waals surface area (Å²) in [6, 6.07) is 15.7. The monoisotopic (exact) mass is 442 g/mol. The summed E-state index contributed by atoms with van der Waals surface area (Å²) in [6.07, 6.45) is 1.02. The molecule has 2 amide bonds. The van der Waals surface area contributed by atoms with Crippen LogP contribution in [0.15, 0.2) is 59.5 Å². The molecule has 30 heavy (non-hydrogen) atoms. The van der Waals surface area contributed by atoms with E-state index in [1.54, 1.807) is 25.3 Å². The zero-order chi connectivity index (χ0) is 21.7. The van der Waals surface area contributed by atoms with Gasteiger partial charge in [-0.15, -0.1) is 0 Å². The number of amides is 2. The van der Waals surface area contributed by atoms with E-state index in [1.165, 1.54) is 33.7 Å². The highest BCUT2D eigenvalue weighted by molar-refractivity contribution is 8.26. The molecule has 1 aliphatic rings. The Hall–Kier alpha value is -2.68. The van der Waals surface area contributed by atoms with E-state index >= 15 is 0 Å². The molecule has 2 aromatic rings. The molecule has 1 atom stereocenters. The number of aliphatic hydroxyl groups excluding tert-OH is 1. The lowest BCUT2D eigenvalue weighted by Gasteiger charge is -2.22. The molecule has 0 aromatic heterocycles. The summed E-state index contributed by atoms with van der Waals surface area (Å²) in [7, 11) is 1.60. The molecule has 0 aliphatic carbocycles. The summed E-state index contributed by atoms with van der Waals surface area (Å²) < 4.78 is 0.432. The lowest BCUT2D eigenvalue weighted by Crippen LogP contribution is -2.36. The third-order valence-electron chi connectivity index (χ3n) is 4.67. The quantitative estimate of drug-likeness (QED) is 0.506. The number of carbonyl (C=O) groups excluding carboxylic acids is 2. The fourth-order valence-corrected chi connectivity index (χ4v) is 4.26. The van der Waals surface area contributed by atoms with E-state index in [1.807, 2.05) is 30.3 Å². The van der Waals surface area contributed by atoms with Crippen molar-refractivity contribution in [1.29, 1.82) is 0 Å². The minimum Gasteiger partial charge on any atom is -0.508 e. The molecule has 1 aliphatic heterocycles. The van der Waals surface area contributed by atoms with Crippen molar-refractivity contribution in [3.8, 4) is 5.75 Å². The van der Waals surface area contributed by atoms with Crippen LogP contribution in [0.2, 0.25) is 0 Å². The Morgan fingerprint density at radius 3 is 2.53 bits per heavy atom. The molecule has 0 radical (unpaired) electrons. The van der Waals surface area contributed by atoms with Gasteiger partial charge < -0.3 is 15.1 Å². The zero-order valence-electron chi connectivity index (χ0n) is 16.4. The zero-order valence-corrected chi connectivity index (χ0v) is 18.0. The third kappa shape index (κ3) is 5.47. The van der Waals surface area contributed by atoms with Crippen LogP contribution in [0.25, 0.3) is 6.08 Å². The van der Waals surface area contributed by atoms with Gasteiger partial charge in [-0.1, -0.05) is 66.4 Å². The first-order valence-corrected chi connectivity index (χ1v) is 10.6. The lowest BCUT2D eigenvalue weighted by molar-refractivity contribution is -0.131. The van der Waals surface area contributed by atoms with Crippen LogP contribution in [0.1, 0.15) is 23.7 Å². The molecule has 2 aromatic carbocycles. The van der Waals surface area contributed by atoms with Crippen molar-refractivity contribution in [3.05, 3.63) is 70.6 Å². The summed E-state index contributed by atoms with van der Waals surface area (Å²) >= 11 is 6.54. The minimum atomic E-state index is -0.870. The molecule has 0 unspecified atom stereocenters. The van der Waals surface area contributed by atoms with Crippen molar-refractivity contribution >= 4 is 46.2 Å². The number of carbonyl (C=O) groups is 2. The molecular weight excluding hydrogens is 420 g/mol. The second-order valence-corrected chi connectivity index (χ2v) is 8.55. The van der Waals surface area contributed by atoms with Gasteiger partial charge in [0, 0.05) is 20.0 Å². The van der Waals surface area contributed by atoms with Gasteiger partial charge in [0.15, 0.2) is 0 Å². The number of thioether (sulfide) groups is 1. The van der Waals surface area contributed by atoms with Crippen LogP contribution in [0.5, 0.6) is 5.75 Å². The van der Waals surface area contributed by atoms with Gasteiger partial charge in [-0.2, -0.15) is 0 Å². The molecule has 1 heterocycles. The number of phenols is 1. The minimum absolute atomic E-state index is 0.101. The van der Waals surface area contributed by atoms with E-state index < -0.39 is 6.10 Å². The number of thiocarbonyl (C=S) groups is 1. The van der Waals surface area contributed by atoms with Crippen molar-refractivity contribution in [3.63, 3.8) is 0 Å². The van der Waals surface area contributed by atoms with Crippen LogP contribution in [-0.4, -0.2) is 56.3 Å². The number of aromatic hydroxyl groups is 1. The van der Waals surface area contributed by atoms with Crippen molar-refractivity contribution in [2.75, 3.05) is 20.1 Å². The van der Waals surface area contributed by atoms with Crippen molar-refractivity contribution < 1.29 is 19.8 Å². The molecule has 156 valence electrons. The Labute approximate surface area is 184 Å². The predicted octanol–water partition coefficient (Wildman–Crippen LogP) is 3.18. The van der Waals surface area contributed by atoms with Gasteiger partial charge in [0.25, 0.3) is 5.91 Å². The number of hydrogen-bond donors (Lipinski definition) is 2. The molecule has 0 spiro atoms. The van der Waals surface area contributed by atoms with Crippen molar-refractivity contribution in [1.82, 2.24) is 9.80 Å². The second-order valence-electron chi connectivity index (χ2n) is 6.88. The molecule has 2 N–H and O–H groups in total. The number of benzene rings is 2. The van der Waals surface area contributed by atoms with E-state index in [0.717, 1.165) is 5.56 Å². The smallest absolute Gasteiger partial charge is 0.266 e. The van der Waals surface area contributed by atoms with E-state index in [0.29, 0.717) is 14.8 Å². The number of aliphatic hydroxyl groups is 1. The lowest BCUT2D eigenvalue weighted by atomic mass is 10.1. The predicted molar refractivity (Wildman–Crippen MR) is 122 cm³/mol. The van der Waals surface area contributed by atoms with E-state index in [9.17, 15) is 19.8 Å². The molecule has 0 saturated carbocycles. The standard InChI is InChI=1S/C22H22N2O4S2/c1-23(14-18(26)16-7-9-17(25)10-8-16)20(27)11-12-24-21(28)19(30-22(24)29)13-15-5-3-2-4-6-15/h2-10,13,18,25-26H,11-12,14H2,1H3/b19-13+/t18-/m1/s1. The van der Waals surface area contributed by atoms with Crippen LogP contribution in [-0.2, 0) is 9.59 Å². The normalized spacial score (nSPS) is 16.2. The Morgan fingerprint density at radius 1 is 1.20 bits per heavy atom. The Kier molecular flexibility index (Phi) is 7.25. The molecule has 3 rings (SSSR count). The summed E-state index contributed by atoms with van der Waals surface area (Å²) in [5.41, 5.74) is 1.52. The van der Waals surface area contributed by atoms with Crippen molar-refractivity contribution in [2.45, 2.75) is 12.5 Å². The largest absolute Gasteiger partial charge is 0.508 e. The number of hydrogen-bond acceptors (Lipinski definition) is 6. The van der Waals surface area contributed by atoms with Gasteiger partial charge in [0.2, 0.25) is 5.91 Å². The van der Waals surface area contributed by atoms with Gasteiger partial charge in [0.05, 0.1) is 17.6 Å². The van der Waals surface area contributed by atoms with Gasteiger partial charge in [-0.05, 0) is 29.3 Å². The van der Waals surface area contributed by atoms with Gasteiger partial charge in [-0.25, -0.2) is 0 Å². The summed E-state index contributed by atoms with van der Waals surface area (Å²) in [6.45, 7) is 0.297. The van der Waals surface area contributed by atoms with Crippen LogP contribution in [0, 0.1) is 0 Å². The highest BCUT2D eigenvalue weighted by Crippen LogP contribution is 2.32. The fourth-order valence-electron chi connectivity index (χ4n) is 2.95.